The number of nitrogens with zero attached hydrogens (tertiary/aromatic N) is 1. The lowest BCUT2D eigenvalue weighted by Crippen LogP contribution is -2.25. The van der Waals surface area contributed by atoms with Crippen molar-refractivity contribution in [3.63, 3.8) is 0 Å². The van der Waals surface area contributed by atoms with Gasteiger partial charge in [-0.2, -0.15) is 11.8 Å². The van der Waals surface area contributed by atoms with E-state index in [0.717, 1.165) is 6.26 Å². The molecule has 0 aliphatic rings. The number of anilines is 1. The van der Waals surface area contributed by atoms with Crippen LogP contribution in [0.2, 0.25) is 0 Å². The summed E-state index contributed by atoms with van der Waals surface area (Å²) in [4.78, 5) is 9.90. The molecule has 0 amide bonds. The lowest BCUT2D eigenvalue weighted by atomic mass is 10.2. The Bertz CT molecular complexity index is 612. The van der Waals surface area contributed by atoms with Crippen molar-refractivity contribution >= 4 is 33.0 Å². The van der Waals surface area contributed by atoms with Gasteiger partial charge in [-0.3, -0.25) is 10.1 Å². The van der Waals surface area contributed by atoms with Crippen molar-refractivity contribution in [2.24, 2.45) is 0 Å². The van der Waals surface area contributed by atoms with Crippen molar-refractivity contribution < 1.29 is 13.3 Å². The van der Waals surface area contributed by atoms with Gasteiger partial charge in [0, 0.05) is 29.3 Å². The largest absolute Gasteiger partial charge is 0.384 e. The van der Waals surface area contributed by atoms with Crippen molar-refractivity contribution in [1.29, 1.82) is 0 Å². The Morgan fingerprint density at radius 2 is 2.00 bits per heavy atom. The molecular weight excluding hydrogens is 300 g/mol. The van der Waals surface area contributed by atoms with Crippen molar-refractivity contribution in [3.05, 3.63) is 28.3 Å². The predicted molar refractivity (Wildman–Crippen MR) is 82.3 cm³/mol. The fourth-order valence-electron chi connectivity index (χ4n) is 1.46. The minimum atomic E-state index is -3.65. The molecule has 0 saturated carbocycles. The molecule has 112 valence electrons. The number of rotatable bonds is 6. The van der Waals surface area contributed by atoms with Crippen LogP contribution in [0, 0.1) is 10.1 Å². The molecule has 0 unspecified atom stereocenters. The number of thioether (sulfide) groups is 1. The lowest BCUT2D eigenvalue weighted by molar-refractivity contribution is -0.387. The second-order valence-electron chi connectivity index (χ2n) is 5.03. The van der Waals surface area contributed by atoms with Crippen molar-refractivity contribution in [2.45, 2.75) is 23.5 Å². The first-order valence-electron chi connectivity index (χ1n) is 5.84. The van der Waals surface area contributed by atoms with E-state index < -0.39 is 20.4 Å². The molecule has 0 bridgehead atoms. The minimum Gasteiger partial charge on any atom is -0.384 e. The van der Waals surface area contributed by atoms with E-state index in [1.54, 1.807) is 11.8 Å². The van der Waals surface area contributed by atoms with Crippen LogP contribution in [0.15, 0.2) is 23.1 Å². The van der Waals surface area contributed by atoms with Gasteiger partial charge in [0.25, 0.3) is 5.69 Å². The third kappa shape index (κ3) is 4.38. The number of hydrogen-bond acceptors (Lipinski definition) is 6. The number of nitrogens with one attached hydrogen (secondary N) is 1. The first-order chi connectivity index (χ1) is 9.07. The number of benzene rings is 1. The maximum atomic E-state index is 11.6. The molecule has 0 heterocycles. The van der Waals surface area contributed by atoms with Gasteiger partial charge in [-0.1, -0.05) is 0 Å². The van der Waals surface area contributed by atoms with Crippen LogP contribution >= 0.6 is 11.8 Å². The third-order valence-electron chi connectivity index (χ3n) is 2.83. The molecule has 20 heavy (non-hydrogen) atoms. The molecule has 1 N–H and O–H groups in total. The highest BCUT2D eigenvalue weighted by Crippen LogP contribution is 2.28. The summed E-state index contributed by atoms with van der Waals surface area (Å²) in [5.41, 5.74) is 0.153. The van der Waals surface area contributed by atoms with Gasteiger partial charge in [-0.05, 0) is 32.2 Å². The van der Waals surface area contributed by atoms with Gasteiger partial charge >= 0.3 is 0 Å². The Hall–Kier alpha value is -1.28. The second kappa shape index (κ2) is 6.01. The van der Waals surface area contributed by atoms with Crippen LogP contribution in [-0.2, 0) is 9.84 Å². The predicted octanol–water partition coefficient (Wildman–Crippen LogP) is 2.55. The maximum Gasteiger partial charge on any atom is 0.288 e. The Morgan fingerprint density at radius 1 is 1.40 bits per heavy atom. The van der Waals surface area contributed by atoms with Gasteiger partial charge in [-0.25, -0.2) is 8.42 Å². The zero-order chi connectivity index (χ0) is 15.6. The highest BCUT2D eigenvalue weighted by atomic mass is 32.2. The van der Waals surface area contributed by atoms with Crippen LogP contribution in [0.25, 0.3) is 0 Å². The Morgan fingerprint density at radius 3 is 2.45 bits per heavy atom. The Balaban J connectivity index is 3.12. The van der Waals surface area contributed by atoms with E-state index in [9.17, 15) is 18.5 Å². The minimum absolute atomic E-state index is 0.0208. The first-order valence-corrected chi connectivity index (χ1v) is 8.96. The fourth-order valence-corrected chi connectivity index (χ4v) is 2.54. The molecule has 6 nitrogen and oxygen atoms in total. The topological polar surface area (TPSA) is 89.3 Å². The van der Waals surface area contributed by atoms with Crippen molar-refractivity contribution in [1.82, 2.24) is 0 Å². The third-order valence-corrected chi connectivity index (χ3v) is 5.20. The normalized spacial score (nSPS) is 12.2. The summed E-state index contributed by atoms with van der Waals surface area (Å²) in [5.74, 6) is 0. The summed E-state index contributed by atoms with van der Waals surface area (Å²) in [6, 6.07) is 4.04. The quantitative estimate of drug-likeness (QED) is 0.640. The molecule has 1 aromatic carbocycles. The molecule has 0 aromatic heterocycles. The van der Waals surface area contributed by atoms with Crippen LogP contribution in [-0.4, -0.2) is 37.1 Å². The van der Waals surface area contributed by atoms with Gasteiger partial charge < -0.3 is 5.32 Å². The smallest absolute Gasteiger partial charge is 0.288 e. The summed E-state index contributed by atoms with van der Waals surface area (Å²) < 4.78 is 23.2. The van der Waals surface area contributed by atoms with E-state index >= 15 is 0 Å². The molecular formula is C12H18N2O4S2. The zero-order valence-corrected chi connectivity index (χ0v) is 13.5. The number of hydrogen-bond donors (Lipinski definition) is 1. The second-order valence-corrected chi connectivity index (χ2v) is 8.53. The number of nitro benzene ring substituents is 1. The van der Waals surface area contributed by atoms with Crippen LogP contribution in [0.5, 0.6) is 0 Å². The van der Waals surface area contributed by atoms with E-state index in [2.05, 4.69) is 5.32 Å². The van der Waals surface area contributed by atoms with E-state index in [-0.39, 0.29) is 9.64 Å². The SMILES string of the molecule is CSC(C)(C)CNc1ccc([N+](=O)[O-])c(S(C)(=O)=O)c1. The monoisotopic (exact) mass is 318 g/mol. The molecule has 0 spiro atoms. The summed E-state index contributed by atoms with van der Waals surface area (Å²) in [6.45, 7) is 4.72. The highest BCUT2D eigenvalue weighted by Gasteiger charge is 2.23. The standard InChI is InChI=1S/C12H18N2O4S2/c1-12(2,19-3)8-13-9-5-6-10(14(15)16)11(7-9)20(4,17)18/h5-7,13H,8H2,1-4H3. The van der Waals surface area contributed by atoms with Crippen LogP contribution in [0.3, 0.4) is 0 Å². The van der Waals surface area contributed by atoms with Gasteiger partial charge in [0.2, 0.25) is 0 Å². The van der Waals surface area contributed by atoms with Crippen LogP contribution in [0.1, 0.15) is 13.8 Å². The summed E-state index contributed by atoms with van der Waals surface area (Å²) in [6.07, 6.45) is 2.95. The first kappa shape index (κ1) is 16.8. The molecule has 0 atom stereocenters. The Kier molecular flexibility index (Phi) is 5.04. The molecule has 0 saturated heterocycles. The molecule has 1 rings (SSSR count). The van der Waals surface area contributed by atoms with E-state index in [1.165, 1.54) is 18.2 Å². The summed E-state index contributed by atoms with van der Waals surface area (Å²) in [7, 11) is -3.65. The average molecular weight is 318 g/mol. The number of nitro groups is 1. The Labute approximate surface area is 123 Å². The fraction of sp³-hybridized carbons (Fsp3) is 0.500. The van der Waals surface area contributed by atoms with Crippen LogP contribution < -0.4 is 5.32 Å². The van der Waals surface area contributed by atoms with Crippen molar-refractivity contribution in [3.8, 4) is 0 Å². The van der Waals surface area contributed by atoms with Crippen LogP contribution in [0.4, 0.5) is 11.4 Å². The molecule has 0 aliphatic heterocycles. The maximum absolute atomic E-state index is 11.6. The highest BCUT2D eigenvalue weighted by molar-refractivity contribution is 7.99. The average Bonchev–Trinajstić information content (AvgIpc) is 2.35. The molecule has 0 fully saturated rings. The van der Waals surface area contributed by atoms with Gasteiger partial charge in [0.15, 0.2) is 9.84 Å². The molecule has 0 radical (unpaired) electrons. The molecule has 8 heteroatoms. The van der Waals surface area contributed by atoms with E-state index in [1.807, 2.05) is 20.1 Å². The van der Waals surface area contributed by atoms with E-state index in [4.69, 9.17) is 0 Å². The van der Waals surface area contributed by atoms with Gasteiger partial charge in [0.05, 0.1) is 4.92 Å². The van der Waals surface area contributed by atoms with Gasteiger partial charge in [-0.15, -0.1) is 0 Å². The molecule has 0 aliphatic carbocycles. The molecule has 1 aromatic rings. The van der Waals surface area contributed by atoms with Crippen molar-refractivity contribution in [2.75, 3.05) is 24.4 Å². The van der Waals surface area contributed by atoms with Gasteiger partial charge in [0.1, 0.15) is 4.90 Å². The summed E-state index contributed by atoms with van der Waals surface area (Å²) in [5, 5.41) is 14.0. The number of sulfone groups is 1. The summed E-state index contributed by atoms with van der Waals surface area (Å²) >= 11 is 1.68. The zero-order valence-electron chi connectivity index (χ0n) is 11.8. The lowest BCUT2D eigenvalue weighted by Gasteiger charge is -2.23. The van der Waals surface area contributed by atoms with E-state index in [0.29, 0.717) is 12.2 Å².